The number of hydrogen-bond acceptors (Lipinski definition) is 3. The molecule has 2 aromatic carbocycles. The topological polar surface area (TPSA) is 44.5 Å². The predicted molar refractivity (Wildman–Crippen MR) is 75.8 cm³/mol. The lowest BCUT2D eigenvalue weighted by atomic mass is 10.0. The largest absolute Gasteiger partial charge is 0.493 e. The lowest BCUT2D eigenvalue weighted by Gasteiger charge is -2.13. The molecule has 1 atom stereocenters. The van der Waals surface area contributed by atoms with Crippen molar-refractivity contribution >= 4 is 5.69 Å². The highest BCUT2D eigenvalue weighted by molar-refractivity contribution is 5.48. The summed E-state index contributed by atoms with van der Waals surface area (Å²) in [5, 5.41) is 0. The van der Waals surface area contributed by atoms with Gasteiger partial charge in [0.15, 0.2) is 0 Å². The van der Waals surface area contributed by atoms with Crippen LogP contribution in [0.15, 0.2) is 42.5 Å². The molecule has 0 bridgehead atoms. The number of nitrogen functional groups attached to an aromatic ring is 1. The zero-order valence-electron chi connectivity index (χ0n) is 10.9. The van der Waals surface area contributed by atoms with Crippen LogP contribution < -0.4 is 15.2 Å². The van der Waals surface area contributed by atoms with Crippen molar-refractivity contribution in [1.82, 2.24) is 0 Å². The summed E-state index contributed by atoms with van der Waals surface area (Å²) in [6.07, 6.45) is 0. The third kappa shape index (κ3) is 2.36. The average Bonchev–Trinajstić information content (AvgIpc) is 2.83. The quantitative estimate of drug-likeness (QED) is 0.857. The van der Waals surface area contributed by atoms with Crippen molar-refractivity contribution in [1.29, 1.82) is 0 Å². The standard InChI is InChI=1S/C16H17NO2/c1-11-6-7-13(17)8-16(11)19-10-12-9-18-15-5-3-2-4-14(12)15/h2-8,12H,9-10,17H2,1H3. The molecule has 0 aromatic heterocycles. The summed E-state index contributed by atoms with van der Waals surface area (Å²) in [7, 11) is 0. The maximum Gasteiger partial charge on any atom is 0.124 e. The van der Waals surface area contributed by atoms with E-state index in [1.54, 1.807) is 0 Å². The second-order valence-corrected chi connectivity index (χ2v) is 4.88. The van der Waals surface area contributed by atoms with E-state index in [1.165, 1.54) is 5.56 Å². The molecule has 0 saturated carbocycles. The predicted octanol–water partition coefficient (Wildman–Crippen LogP) is 3.13. The fourth-order valence-corrected chi connectivity index (χ4v) is 2.33. The van der Waals surface area contributed by atoms with Crippen LogP contribution in [0.1, 0.15) is 17.0 Å². The Bertz CT molecular complexity index is 595. The Morgan fingerprint density at radius 2 is 2.11 bits per heavy atom. The van der Waals surface area contributed by atoms with Gasteiger partial charge in [0.05, 0.1) is 19.1 Å². The minimum absolute atomic E-state index is 0.289. The van der Waals surface area contributed by atoms with Gasteiger partial charge in [-0.05, 0) is 24.6 Å². The van der Waals surface area contributed by atoms with Crippen molar-refractivity contribution in [2.24, 2.45) is 0 Å². The highest BCUT2D eigenvalue weighted by Gasteiger charge is 2.24. The van der Waals surface area contributed by atoms with E-state index in [1.807, 2.05) is 43.3 Å². The normalized spacial score (nSPS) is 16.8. The minimum Gasteiger partial charge on any atom is -0.493 e. The molecule has 0 amide bonds. The van der Waals surface area contributed by atoms with Crippen molar-refractivity contribution < 1.29 is 9.47 Å². The van der Waals surface area contributed by atoms with Crippen LogP contribution in [-0.4, -0.2) is 13.2 Å². The number of para-hydroxylation sites is 1. The van der Waals surface area contributed by atoms with Crippen LogP contribution in [0, 0.1) is 6.92 Å². The van der Waals surface area contributed by atoms with Crippen LogP contribution in [0.25, 0.3) is 0 Å². The Morgan fingerprint density at radius 3 is 3.00 bits per heavy atom. The summed E-state index contributed by atoms with van der Waals surface area (Å²) in [6.45, 7) is 3.32. The van der Waals surface area contributed by atoms with Crippen LogP contribution in [-0.2, 0) is 0 Å². The Labute approximate surface area is 113 Å². The molecule has 1 aliphatic rings. The molecule has 0 saturated heterocycles. The van der Waals surface area contributed by atoms with Gasteiger partial charge in [-0.3, -0.25) is 0 Å². The van der Waals surface area contributed by atoms with Crippen LogP contribution in [0.2, 0.25) is 0 Å². The third-order valence-corrected chi connectivity index (χ3v) is 3.45. The molecule has 3 nitrogen and oxygen atoms in total. The van der Waals surface area contributed by atoms with E-state index < -0.39 is 0 Å². The maximum atomic E-state index is 5.90. The molecule has 19 heavy (non-hydrogen) atoms. The Balaban J connectivity index is 1.72. The van der Waals surface area contributed by atoms with Crippen LogP contribution in [0.5, 0.6) is 11.5 Å². The highest BCUT2D eigenvalue weighted by Crippen LogP contribution is 2.34. The Kier molecular flexibility index (Phi) is 3.03. The first kappa shape index (κ1) is 11.9. The minimum atomic E-state index is 0.289. The van der Waals surface area contributed by atoms with Gasteiger partial charge >= 0.3 is 0 Å². The van der Waals surface area contributed by atoms with E-state index in [0.29, 0.717) is 13.2 Å². The number of anilines is 1. The zero-order valence-corrected chi connectivity index (χ0v) is 10.9. The molecule has 0 spiro atoms. The van der Waals surface area contributed by atoms with Gasteiger partial charge in [-0.15, -0.1) is 0 Å². The highest BCUT2D eigenvalue weighted by atomic mass is 16.5. The summed E-state index contributed by atoms with van der Waals surface area (Å²) in [5.74, 6) is 2.11. The Morgan fingerprint density at radius 1 is 1.26 bits per heavy atom. The molecule has 0 fully saturated rings. The van der Waals surface area contributed by atoms with Gasteiger partial charge in [0.2, 0.25) is 0 Å². The molecule has 1 aliphatic heterocycles. The van der Waals surface area contributed by atoms with Crippen molar-refractivity contribution in [3.63, 3.8) is 0 Å². The zero-order chi connectivity index (χ0) is 13.2. The number of ether oxygens (including phenoxy) is 2. The van der Waals surface area contributed by atoms with Crippen LogP contribution >= 0.6 is 0 Å². The van der Waals surface area contributed by atoms with E-state index in [4.69, 9.17) is 15.2 Å². The van der Waals surface area contributed by atoms with E-state index in [2.05, 4.69) is 6.07 Å². The summed E-state index contributed by atoms with van der Waals surface area (Å²) < 4.78 is 11.5. The molecule has 98 valence electrons. The molecule has 1 heterocycles. The molecular weight excluding hydrogens is 238 g/mol. The summed E-state index contributed by atoms with van der Waals surface area (Å²) >= 11 is 0. The van der Waals surface area contributed by atoms with E-state index in [0.717, 1.165) is 22.7 Å². The molecule has 2 aromatic rings. The van der Waals surface area contributed by atoms with Crippen LogP contribution in [0.3, 0.4) is 0 Å². The van der Waals surface area contributed by atoms with Gasteiger partial charge in [-0.2, -0.15) is 0 Å². The molecule has 2 N–H and O–H groups in total. The monoisotopic (exact) mass is 255 g/mol. The maximum absolute atomic E-state index is 5.90. The second kappa shape index (κ2) is 4.84. The van der Waals surface area contributed by atoms with E-state index in [9.17, 15) is 0 Å². The summed E-state index contributed by atoms with van der Waals surface area (Å²) in [4.78, 5) is 0. The Hall–Kier alpha value is -2.16. The number of hydrogen-bond donors (Lipinski definition) is 1. The van der Waals surface area contributed by atoms with Gasteiger partial charge in [0, 0.05) is 17.3 Å². The van der Waals surface area contributed by atoms with Gasteiger partial charge in [0.25, 0.3) is 0 Å². The lowest BCUT2D eigenvalue weighted by molar-refractivity contribution is 0.247. The van der Waals surface area contributed by atoms with Crippen molar-refractivity contribution in [3.05, 3.63) is 53.6 Å². The molecule has 3 rings (SSSR count). The molecule has 1 unspecified atom stereocenters. The second-order valence-electron chi connectivity index (χ2n) is 4.88. The molecule has 3 heteroatoms. The number of fused-ring (bicyclic) bond motifs is 1. The first-order chi connectivity index (χ1) is 9.24. The smallest absolute Gasteiger partial charge is 0.124 e. The van der Waals surface area contributed by atoms with Gasteiger partial charge < -0.3 is 15.2 Å². The van der Waals surface area contributed by atoms with Gasteiger partial charge in [-0.25, -0.2) is 0 Å². The SMILES string of the molecule is Cc1ccc(N)cc1OCC1COc2ccccc21. The number of rotatable bonds is 3. The van der Waals surface area contributed by atoms with Crippen molar-refractivity contribution in [2.45, 2.75) is 12.8 Å². The number of aryl methyl sites for hydroxylation is 1. The van der Waals surface area contributed by atoms with Crippen LogP contribution in [0.4, 0.5) is 5.69 Å². The average molecular weight is 255 g/mol. The van der Waals surface area contributed by atoms with Crippen molar-refractivity contribution in [3.8, 4) is 11.5 Å². The fraction of sp³-hybridized carbons (Fsp3) is 0.250. The van der Waals surface area contributed by atoms with Gasteiger partial charge in [0.1, 0.15) is 11.5 Å². The molecular formula is C16H17NO2. The first-order valence-corrected chi connectivity index (χ1v) is 6.44. The van der Waals surface area contributed by atoms with Crippen molar-refractivity contribution in [2.75, 3.05) is 18.9 Å². The fourth-order valence-electron chi connectivity index (χ4n) is 2.33. The molecule has 0 aliphatic carbocycles. The number of nitrogens with two attached hydrogens (primary N) is 1. The summed E-state index contributed by atoms with van der Waals surface area (Å²) in [5.41, 5.74) is 8.83. The molecule has 0 radical (unpaired) electrons. The summed E-state index contributed by atoms with van der Waals surface area (Å²) in [6, 6.07) is 13.9. The first-order valence-electron chi connectivity index (χ1n) is 6.44. The third-order valence-electron chi connectivity index (χ3n) is 3.45. The van der Waals surface area contributed by atoms with E-state index in [-0.39, 0.29) is 5.92 Å². The lowest BCUT2D eigenvalue weighted by Crippen LogP contribution is -2.12. The van der Waals surface area contributed by atoms with Gasteiger partial charge in [-0.1, -0.05) is 24.3 Å². The number of benzene rings is 2. The van der Waals surface area contributed by atoms with E-state index >= 15 is 0 Å².